The molecule has 1 aliphatic carbocycles. The van der Waals surface area contributed by atoms with Crippen molar-refractivity contribution < 1.29 is 0 Å². The number of aromatic nitrogens is 1. The number of piperidine rings is 1. The zero-order chi connectivity index (χ0) is 12.4. The van der Waals surface area contributed by atoms with Crippen LogP contribution in [0.25, 0.3) is 0 Å². The number of rotatable bonds is 2. The van der Waals surface area contributed by atoms with Crippen molar-refractivity contribution in [3.63, 3.8) is 0 Å². The van der Waals surface area contributed by atoms with E-state index in [4.69, 9.17) is 5.73 Å². The highest BCUT2D eigenvalue weighted by molar-refractivity contribution is 5.28. The third-order valence-electron chi connectivity index (χ3n) is 4.59. The van der Waals surface area contributed by atoms with E-state index >= 15 is 0 Å². The van der Waals surface area contributed by atoms with E-state index < -0.39 is 0 Å². The molecule has 0 radical (unpaired) electrons. The molecule has 2 atom stereocenters. The first-order valence-corrected chi connectivity index (χ1v) is 7.25. The van der Waals surface area contributed by atoms with Crippen molar-refractivity contribution in [1.29, 1.82) is 0 Å². The molecule has 3 heteroatoms. The summed E-state index contributed by atoms with van der Waals surface area (Å²) in [6.07, 6.45) is 7.18. The maximum absolute atomic E-state index is 5.74. The molecule has 2 fully saturated rings. The number of nitrogen functional groups attached to an aromatic ring is 1. The molecule has 98 valence electrons. The van der Waals surface area contributed by atoms with Crippen LogP contribution in [0.2, 0.25) is 0 Å². The van der Waals surface area contributed by atoms with Gasteiger partial charge in [-0.1, -0.05) is 25.3 Å². The molecule has 0 aromatic carbocycles. The number of nitrogens with zero attached hydrogens (tertiary/aromatic N) is 2. The van der Waals surface area contributed by atoms with Crippen molar-refractivity contribution in [1.82, 2.24) is 9.88 Å². The molecule has 0 spiro atoms. The predicted octanol–water partition coefficient (Wildman–Crippen LogP) is 2.68. The maximum Gasteiger partial charge on any atom is 0.123 e. The lowest BCUT2D eigenvalue weighted by atomic mass is 9.75. The van der Waals surface area contributed by atoms with Gasteiger partial charge in [-0.3, -0.25) is 4.90 Å². The van der Waals surface area contributed by atoms with Gasteiger partial charge in [0.2, 0.25) is 0 Å². The van der Waals surface area contributed by atoms with E-state index in [9.17, 15) is 0 Å². The van der Waals surface area contributed by atoms with Crippen LogP contribution < -0.4 is 5.73 Å². The van der Waals surface area contributed by atoms with Crippen LogP contribution in [0.5, 0.6) is 0 Å². The van der Waals surface area contributed by atoms with Gasteiger partial charge in [-0.2, -0.15) is 0 Å². The van der Waals surface area contributed by atoms with Crippen LogP contribution in [-0.4, -0.2) is 23.0 Å². The van der Waals surface area contributed by atoms with Gasteiger partial charge in [0.05, 0.1) is 5.69 Å². The number of pyridine rings is 1. The molecule has 2 unspecified atom stereocenters. The Balaban J connectivity index is 1.61. The molecular formula is C15H23N3. The minimum absolute atomic E-state index is 0.639. The third-order valence-corrected chi connectivity index (χ3v) is 4.59. The zero-order valence-corrected chi connectivity index (χ0v) is 11.0. The van der Waals surface area contributed by atoms with Crippen LogP contribution in [0.3, 0.4) is 0 Å². The maximum atomic E-state index is 5.74. The number of nitrogens with two attached hydrogens (primary N) is 1. The predicted molar refractivity (Wildman–Crippen MR) is 74.0 cm³/mol. The second kappa shape index (κ2) is 5.27. The Morgan fingerprint density at radius 3 is 2.83 bits per heavy atom. The fourth-order valence-electron chi connectivity index (χ4n) is 3.64. The summed E-state index contributed by atoms with van der Waals surface area (Å²) in [6.45, 7) is 3.47. The average Bonchev–Trinajstić information content (AvgIpc) is 2.39. The van der Waals surface area contributed by atoms with Crippen molar-refractivity contribution in [2.75, 3.05) is 18.8 Å². The minimum Gasteiger partial charge on any atom is -0.384 e. The minimum atomic E-state index is 0.639. The molecule has 2 aliphatic rings. The summed E-state index contributed by atoms with van der Waals surface area (Å²) < 4.78 is 0. The summed E-state index contributed by atoms with van der Waals surface area (Å²) >= 11 is 0. The highest BCUT2D eigenvalue weighted by atomic mass is 15.1. The average molecular weight is 245 g/mol. The summed E-state index contributed by atoms with van der Waals surface area (Å²) in [5.74, 6) is 2.58. The monoisotopic (exact) mass is 245 g/mol. The quantitative estimate of drug-likeness (QED) is 0.871. The lowest BCUT2D eigenvalue weighted by Crippen LogP contribution is -2.41. The standard InChI is InChI=1S/C15H23N3/c16-15-7-3-6-14(17-15)11-18-9-8-12-4-1-2-5-13(12)10-18/h3,6-7,12-13H,1-2,4-5,8-11H2,(H2,16,17). The first-order chi connectivity index (χ1) is 8.81. The first kappa shape index (κ1) is 12.0. The van der Waals surface area contributed by atoms with Gasteiger partial charge in [-0.25, -0.2) is 4.98 Å². The van der Waals surface area contributed by atoms with Crippen LogP contribution in [0, 0.1) is 11.8 Å². The molecule has 2 heterocycles. The van der Waals surface area contributed by atoms with Crippen molar-refractivity contribution in [3.8, 4) is 0 Å². The molecular weight excluding hydrogens is 222 g/mol. The van der Waals surface area contributed by atoms with Gasteiger partial charge >= 0.3 is 0 Å². The summed E-state index contributed by atoms with van der Waals surface area (Å²) in [7, 11) is 0. The summed E-state index contributed by atoms with van der Waals surface area (Å²) in [6, 6.07) is 5.95. The van der Waals surface area contributed by atoms with E-state index in [0.29, 0.717) is 5.82 Å². The van der Waals surface area contributed by atoms with Crippen molar-refractivity contribution >= 4 is 5.82 Å². The summed E-state index contributed by atoms with van der Waals surface area (Å²) in [4.78, 5) is 6.97. The first-order valence-electron chi connectivity index (χ1n) is 7.25. The van der Waals surface area contributed by atoms with Gasteiger partial charge in [0.1, 0.15) is 5.82 Å². The summed E-state index contributed by atoms with van der Waals surface area (Å²) in [5.41, 5.74) is 6.86. The second-order valence-corrected chi connectivity index (χ2v) is 5.88. The Kier molecular flexibility index (Phi) is 3.50. The molecule has 1 saturated heterocycles. The molecule has 1 saturated carbocycles. The molecule has 2 N–H and O–H groups in total. The van der Waals surface area contributed by atoms with E-state index in [0.717, 1.165) is 24.1 Å². The van der Waals surface area contributed by atoms with Crippen LogP contribution >= 0.6 is 0 Å². The Hall–Kier alpha value is -1.09. The largest absolute Gasteiger partial charge is 0.384 e. The normalized spacial score (nSPS) is 28.9. The fraction of sp³-hybridized carbons (Fsp3) is 0.667. The Morgan fingerprint density at radius 1 is 1.17 bits per heavy atom. The fourth-order valence-corrected chi connectivity index (χ4v) is 3.64. The number of hydrogen-bond donors (Lipinski definition) is 1. The van der Waals surface area contributed by atoms with Crippen LogP contribution in [0.15, 0.2) is 18.2 Å². The third kappa shape index (κ3) is 2.66. The van der Waals surface area contributed by atoms with Crippen LogP contribution in [0.1, 0.15) is 37.8 Å². The van der Waals surface area contributed by atoms with Gasteiger partial charge < -0.3 is 5.73 Å². The number of fused-ring (bicyclic) bond motifs is 1. The number of likely N-dealkylation sites (tertiary alicyclic amines) is 1. The Morgan fingerprint density at radius 2 is 2.00 bits per heavy atom. The number of anilines is 1. The lowest BCUT2D eigenvalue weighted by molar-refractivity contribution is 0.0812. The topological polar surface area (TPSA) is 42.1 Å². The smallest absolute Gasteiger partial charge is 0.123 e. The number of hydrogen-bond acceptors (Lipinski definition) is 3. The molecule has 3 nitrogen and oxygen atoms in total. The van der Waals surface area contributed by atoms with Gasteiger partial charge in [0.25, 0.3) is 0 Å². The molecule has 0 bridgehead atoms. The molecule has 1 aromatic rings. The van der Waals surface area contributed by atoms with Gasteiger partial charge in [0, 0.05) is 13.1 Å². The van der Waals surface area contributed by atoms with E-state index in [1.807, 2.05) is 12.1 Å². The highest BCUT2D eigenvalue weighted by Crippen LogP contribution is 2.36. The molecule has 3 rings (SSSR count). The molecule has 1 aromatic heterocycles. The van der Waals surface area contributed by atoms with E-state index in [1.165, 1.54) is 45.2 Å². The Labute approximate surface area is 109 Å². The van der Waals surface area contributed by atoms with Gasteiger partial charge in [0.15, 0.2) is 0 Å². The van der Waals surface area contributed by atoms with Crippen LogP contribution in [0.4, 0.5) is 5.82 Å². The van der Waals surface area contributed by atoms with Crippen molar-refractivity contribution in [3.05, 3.63) is 23.9 Å². The van der Waals surface area contributed by atoms with Crippen molar-refractivity contribution in [2.24, 2.45) is 11.8 Å². The molecule has 1 aliphatic heterocycles. The van der Waals surface area contributed by atoms with Crippen molar-refractivity contribution in [2.45, 2.75) is 38.6 Å². The van der Waals surface area contributed by atoms with E-state index in [2.05, 4.69) is 16.0 Å². The molecule has 18 heavy (non-hydrogen) atoms. The van der Waals surface area contributed by atoms with E-state index in [-0.39, 0.29) is 0 Å². The van der Waals surface area contributed by atoms with Gasteiger partial charge in [-0.05, 0) is 43.4 Å². The van der Waals surface area contributed by atoms with E-state index in [1.54, 1.807) is 0 Å². The molecule has 0 amide bonds. The highest BCUT2D eigenvalue weighted by Gasteiger charge is 2.30. The van der Waals surface area contributed by atoms with Crippen LogP contribution in [-0.2, 0) is 6.54 Å². The van der Waals surface area contributed by atoms with Gasteiger partial charge in [-0.15, -0.1) is 0 Å². The summed E-state index contributed by atoms with van der Waals surface area (Å²) in [5, 5.41) is 0. The SMILES string of the molecule is Nc1cccc(CN2CCC3CCCCC3C2)n1. The lowest BCUT2D eigenvalue weighted by Gasteiger charge is -2.41. The zero-order valence-electron chi connectivity index (χ0n) is 11.0. The Bertz CT molecular complexity index is 404. The second-order valence-electron chi connectivity index (χ2n) is 5.88.